The second-order valence-corrected chi connectivity index (χ2v) is 6.78. The van der Waals surface area contributed by atoms with Crippen molar-refractivity contribution in [1.82, 2.24) is 9.19 Å². The Bertz CT molecular complexity index is 929. The minimum absolute atomic E-state index is 0.146. The van der Waals surface area contributed by atoms with Crippen LogP contribution in [0.2, 0.25) is 0 Å². The van der Waals surface area contributed by atoms with E-state index in [9.17, 15) is 8.42 Å². The van der Waals surface area contributed by atoms with Crippen molar-refractivity contribution in [1.29, 1.82) is 0 Å². The normalized spacial score (nSPS) is 11.2. The topological polar surface area (TPSA) is 70.4 Å². The Kier molecular flexibility index (Phi) is 4.26. The zero-order valence-corrected chi connectivity index (χ0v) is 14.0. The fourth-order valence-corrected chi connectivity index (χ4v) is 3.33. The highest BCUT2D eigenvalue weighted by molar-refractivity contribution is 7.89. The molecule has 0 saturated carbocycles. The van der Waals surface area contributed by atoms with Crippen molar-refractivity contribution in [3.05, 3.63) is 60.8 Å². The number of hydrogen-bond donors (Lipinski definition) is 0. The molecular weight excluding hydrogens is 328 g/mol. The van der Waals surface area contributed by atoms with Crippen molar-refractivity contribution in [3.63, 3.8) is 0 Å². The van der Waals surface area contributed by atoms with Crippen LogP contribution in [0.25, 0.3) is 11.3 Å². The van der Waals surface area contributed by atoms with E-state index in [1.54, 1.807) is 37.4 Å². The molecule has 3 aromatic rings. The first kappa shape index (κ1) is 16.1. The predicted octanol–water partition coefficient (Wildman–Crippen LogP) is 2.80. The Morgan fingerprint density at radius 2 is 1.38 bits per heavy atom. The SMILES string of the molecule is COc1ccc(-c2ccn(S(=O)(=O)c3ccc(OC)cc3)n2)cc1. The number of hydrogen-bond acceptors (Lipinski definition) is 5. The van der Waals surface area contributed by atoms with Crippen molar-refractivity contribution in [3.8, 4) is 22.8 Å². The van der Waals surface area contributed by atoms with Crippen LogP contribution >= 0.6 is 0 Å². The van der Waals surface area contributed by atoms with Crippen LogP contribution in [-0.2, 0) is 10.0 Å². The lowest BCUT2D eigenvalue weighted by Gasteiger charge is -2.05. The summed E-state index contributed by atoms with van der Waals surface area (Å²) in [6.07, 6.45) is 1.43. The quantitative estimate of drug-likeness (QED) is 0.712. The fraction of sp³-hybridized carbons (Fsp3) is 0.118. The van der Waals surface area contributed by atoms with Gasteiger partial charge in [0.2, 0.25) is 0 Å². The van der Waals surface area contributed by atoms with Gasteiger partial charge in [-0.25, -0.2) is 0 Å². The van der Waals surface area contributed by atoms with Gasteiger partial charge < -0.3 is 9.47 Å². The van der Waals surface area contributed by atoms with Crippen LogP contribution in [0, 0.1) is 0 Å². The summed E-state index contributed by atoms with van der Waals surface area (Å²) < 4.78 is 36.4. The molecular formula is C17H16N2O4S. The minimum atomic E-state index is -3.74. The van der Waals surface area contributed by atoms with Crippen molar-refractivity contribution < 1.29 is 17.9 Å². The summed E-state index contributed by atoms with van der Waals surface area (Å²) in [6, 6.07) is 15.1. The van der Waals surface area contributed by atoms with Gasteiger partial charge in [0, 0.05) is 11.8 Å². The molecule has 3 rings (SSSR count). The van der Waals surface area contributed by atoms with Crippen molar-refractivity contribution in [2.45, 2.75) is 4.90 Å². The summed E-state index contributed by atoms with van der Waals surface area (Å²) in [5, 5.41) is 4.18. The maximum Gasteiger partial charge on any atom is 0.282 e. The molecule has 0 saturated heterocycles. The first-order valence-corrected chi connectivity index (χ1v) is 8.58. The molecule has 0 radical (unpaired) electrons. The summed E-state index contributed by atoms with van der Waals surface area (Å²) in [6.45, 7) is 0. The number of aromatic nitrogens is 2. The molecule has 0 bridgehead atoms. The van der Waals surface area contributed by atoms with Gasteiger partial charge in [-0.05, 0) is 54.6 Å². The second kappa shape index (κ2) is 6.37. The highest BCUT2D eigenvalue weighted by atomic mass is 32.2. The molecule has 0 fully saturated rings. The van der Waals surface area contributed by atoms with Crippen molar-refractivity contribution in [2.24, 2.45) is 0 Å². The standard InChI is InChI=1S/C17H16N2O4S/c1-22-14-5-3-13(4-6-14)17-11-12-19(18-17)24(20,21)16-9-7-15(23-2)8-10-16/h3-12H,1-2H3. The summed E-state index contributed by atoms with van der Waals surface area (Å²) in [5.74, 6) is 1.32. The molecule has 24 heavy (non-hydrogen) atoms. The number of methoxy groups -OCH3 is 2. The van der Waals surface area contributed by atoms with Crippen LogP contribution in [0.15, 0.2) is 65.7 Å². The summed E-state index contributed by atoms with van der Waals surface area (Å²) in [4.78, 5) is 0.146. The molecule has 2 aromatic carbocycles. The van der Waals surface area contributed by atoms with Gasteiger partial charge in [-0.3, -0.25) is 0 Å². The smallest absolute Gasteiger partial charge is 0.282 e. The van der Waals surface area contributed by atoms with E-state index in [1.807, 2.05) is 12.1 Å². The number of ether oxygens (including phenoxy) is 2. The molecule has 0 spiro atoms. The van der Waals surface area contributed by atoms with Gasteiger partial charge in [0.1, 0.15) is 11.5 Å². The molecule has 0 unspecified atom stereocenters. The van der Waals surface area contributed by atoms with E-state index in [4.69, 9.17) is 9.47 Å². The molecule has 0 N–H and O–H groups in total. The van der Waals surface area contributed by atoms with Crippen LogP contribution in [0.4, 0.5) is 0 Å². The molecule has 1 heterocycles. The van der Waals surface area contributed by atoms with Crippen molar-refractivity contribution >= 4 is 10.0 Å². The minimum Gasteiger partial charge on any atom is -0.497 e. The lowest BCUT2D eigenvalue weighted by molar-refractivity contribution is 0.414. The van der Waals surface area contributed by atoms with Gasteiger partial charge >= 0.3 is 0 Å². The molecule has 6 nitrogen and oxygen atoms in total. The van der Waals surface area contributed by atoms with Crippen LogP contribution in [0.3, 0.4) is 0 Å². The van der Waals surface area contributed by atoms with Gasteiger partial charge in [0.05, 0.1) is 24.8 Å². The molecule has 0 aliphatic rings. The van der Waals surface area contributed by atoms with E-state index in [-0.39, 0.29) is 4.90 Å². The Morgan fingerprint density at radius 3 is 1.92 bits per heavy atom. The fourth-order valence-electron chi connectivity index (χ4n) is 2.21. The summed E-state index contributed by atoms with van der Waals surface area (Å²) in [7, 11) is -0.624. The van der Waals surface area contributed by atoms with Gasteiger partial charge in [-0.2, -0.15) is 17.6 Å². The third-order valence-corrected chi connectivity index (χ3v) is 5.12. The number of rotatable bonds is 5. The summed E-state index contributed by atoms with van der Waals surface area (Å²) in [5.41, 5.74) is 1.37. The first-order chi connectivity index (χ1) is 11.5. The lowest BCUT2D eigenvalue weighted by atomic mass is 10.1. The van der Waals surface area contributed by atoms with Gasteiger partial charge in [0.15, 0.2) is 0 Å². The molecule has 1 aromatic heterocycles. The van der Waals surface area contributed by atoms with Crippen LogP contribution in [0.1, 0.15) is 0 Å². The lowest BCUT2D eigenvalue weighted by Crippen LogP contribution is -2.13. The largest absolute Gasteiger partial charge is 0.497 e. The van der Waals surface area contributed by atoms with E-state index in [1.165, 1.54) is 25.4 Å². The van der Waals surface area contributed by atoms with Crippen LogP contribution < -0.4 is 9.47 Å². The van der Waals surface area contributed by atoms with Crippen LogP contribution in [0.5, 0.6) is 11.5 Å². The predicted molar refractivity (Wildman–Crippen MR) is 89.8 cm³/mol. The van der Waals surface area contributed by atoms with Crippen LogP contribution in [-0.4, -0.2) is 31.8 Å². The molecule has 0 aliphatic carbocycles. The van der Waals surface area contributed by atoms with Gasteiger partial charge in [-0.1, -0.05) is 0 Å². The zero-order valence-electron chi connectivity index (χ0n) is 13.2. The highest BCUT2D eigenvalue weighted by Gasteiger charge is 2.18. The second-order valence-electron chi connectivity index (χ2n) is 4.98. The van der Waals surface area contributed by atoms with Crippen molar-refractivity contribution in [2.75, 3.05) is 14.2 Å². The van der Waals surface area contributed by atoms with E-state index < -0.39 is 10.0 Å². The zero-order chi connectivity index (χ0) is 17.2. The Morgan fingerprint density at radius 1 is 0.833 bits per heavy atom. The average Bonchev–Trinajstić information content (AvgIpc) is 3.13. The molecule has 124 valence electrons. The number of benzene rings is 2. The monoisotopic (exact) mass is 344 g/mol. The Balaban J connectivity index is 1.93. The third kappa shape index (κ3) is 2.98. The van der Waals surface area contributed by atoms with Gasteiger partial charge in [-0.15, -0.1) is 0 Å². The summed E-state index contributed by atoms with van der Waals surface area (Å²) >= 11 is 0. The number of nitrogens with zero attached hydrogens (tertiary/aromatic N) is 2. The van der Waals surface area contributed by atoms with E-state index in [0.29, 0.717) is 11.4 Å². The maximum absolute atomic E-state index is 12.6. The molecule has 0 amide bonds. The van der Waals surface area contributed by atoms with E-state index in [2.05, 4.69) is 5.10 Å². The van der Waals surface area contributed by atoms with E-state index in [0.717, 1.165) is 15.4 Å². The average molecular weight is 344 g/mol. The molecule has 0 aliphatic heterocycles. The third-order valence-electron chi connectivity index (χ3n) is 3.56. The Labute approximate surface area is 140 Å². The Hall–Kier alpha value is -2.80. The molecule has 0 atom stereocenters. The first-order valence-electron chi connectivity index (χ1n) is 7.14. The molecule has 7 heteroatoms. The maximum atomic E-state index is 12.6. The van der Waals surface area contributed by atoms with Gasteiger partial charge in [0.25, 0.3) is 10.0 Å². The van der Waals surface area contributed by atoms with E-state index >= 15 is 0 Å². The highest BCUT2D eigenvalue weighted by Crippen LogP contribution is 2.23.